The number of anilines is 1. The van der Waals surface area contributed by atoms with Gasteiger partial charge in [-0.1, -0.05) is 19.1 Å². The van der Waals surface area contributed by atoms with Crippen LogP contribution in [0.4, 0.5) is 5.69 Å². The average Bonchev–Trinajstić information content (AvgIpc) is 2.92. The van der Waals surface area contributed by atoms with Crippen molar-refractivity contribution in [3.05, 3.63) is 77.0 Å². The van der Waals surface area contributed by atoms with Gasteiger partial charge in [0.1, 0.15) is 11.3 Å². The molecule has 1 unspecified atom stereocenters. The molecular weight excluding hydrogens is 462 g/mol. The summed E-state index contributed by atoms with van der Waals surface area (Å²) < 4.78 is 28.1. The van der Waals surface area contributed by atoms with E-state index in [1.54, 1.807) is 80.8 Å². The summed E-state index contributed by atoms with van der Waals surface area (Å²) in [5.41, 5.74) is 1.14. The van der Waals surface area contributed by atoms with Crippen molar-refractivity contribution in [2.24, 2.45) is 0 Å². The molecule has 0 aliphatic rings. The normalized spacial score (nSPS) is 11.6. The molecule has 4 rings (SSSR count). The summed E-state index contributed by atoms with van der Waals surface area (Å²) in [4.78, 5) is 26.6. The van der Waals surface area contributed by atoms with E-state index in [0.717, 1.165) is 0 Å². The van der Waals surface area contributed by atoms with Gasteiger partial charge in [0.2, 0.25) is 11.2 Å². The molecule has 8 heteroatoms. The number of methoxy groups -OCH3 is 3. The van der Waals surface area contributed by atoms with Gasteiger partial charge in [0.25, 0.3) is 5.91 Å². The van der Waals surface area contributed by atoms with Gasteiger partial charge in [0.05, 0.1) is 26.7 Å². The van der Waals surface area contributed by atoms with Crippen LogP contribution < -0.4 is 29.7 Å². The van der Waals surface area contributed by atoms with Crippen molar-refractivity contribution in [2.75, 3.05) is 26.6 Å². The van der Waals surface area contributed by atoms with Gasteiger partial charge >= 0.3 is 0 Å². The highest BCUT2D eigenvalue weighted by atomic mass is 16.5. The summed E-state index contributed by atoms with van der Waals surface area (Å²) in [5, 5.41) is 3.17. The topological polar surface area (TPSA) is 96.2 Å². The van der Waals surface area contributed by atoms with E-state index in [-0.39, 0.29) is 16.9 Å². The Hall–Kier alpha value is -4.46. The first-order chi connectivity index (χ1) is 17.5. The van der Waals surface area contributed by atoms with Crippen molar-refractivity contribution in [1.29, 1.82) is 0 Å². The van der Waals surface area contributed by atoms with Crippen molar-refractivity contribution in [1.82, 2.24) is 0 Å². The van der Waals surface area contributed by atoms with E-state index in [2.05, 4.69) is 5.32 Å². The summed E-state index contributed by atoms with van der Waals surface area (Å²) in [6, 6.07) is 19.0. The smallest absolute Gasteiger partial charge is 0.265 e. The third-order valence-electron chi connectivity index (χ3n) is 5.68. The van der Waals surface area contributed by atoms with Crippen LogP contribution in [0.1, 0.15) is 13.3 Å². The minimum atomic E-state index is -0.949. The third-order valence-corrected chi connectivity index (χ3v) is 5.68. The summed E-state index contributed by atoms with van der Waals surface area (Å²) in [7, 11) is 4.63. The second-order valence-electron chi connectivity index (χ2n) is 7.89. The number of nitrogens with one attached hydrogen (secondary N) is 1. The summed E-state index contributed by atoms with van der Waals surface area (Å²) in [6.07, 6.45) is -0.630. The van der Waals surface area contributed by atoms with E-state index in [0.29, 0.717) is 45.9 Å². The van der Waals surface area contributed by atoms with Crippen LogP contribution in [0.3, 0.4) is 0 Å². The first-order valence-corrected chi connectivity index (χ1v) is 11.4. The number of para-hydroxylation sites is 1. The molecule has 1 atom stereocenters. The Balaban J connectivity index is 1.75. The monoisotopic (exact) mass is 489 g/mol. The summed E-state index contributed by atoms with van der Waals surface area (Å²) in [5.74, 6) is 1.39. The van der Waals surface area contributed by atoms with Crippen LogP contribution in [0.2, 0.25) is 0 Å². The Bertz CT molecular complexity index is 1430. The zero-order valence-corrected chi connectivity index (χ0v) is 20.5. The lowest BCUT2D eigenvalue weighted by Crippen LogP contribution is -2.34. The molecule has 1 aromatic heterocycles. The van der Waals surface area contributed by atoms with Gasteiger partial charge in [-0.05, 0) is 61.0 Å². The minimum absolute atomic E-state index is 0.0577. The maximum absolute atomic E-state index is 13.5. The Morgan fingerprint density at radius 2 is 1.64 bits per heavy atom. The molecular formula is C28H27NO7. The number of ether oxygens (including phenoxy) is 4. The van der Waals surface area contributed by atoms with Crippen molar-refractivity contribution in [3.63, 3.8) is 0 Å². The number of benzene rings is 3. The molecule has 0 saturated heterocycles. The highest BCUT2D eigenvalue weighted by molar-refractivity contribution is 5.94. The number of carbonyl (C=O) groups is 1. The van der Waals surface area contributed by atoms with Crippen molar-refractivity contribution in [3.8, 4) is 34.3 Å². The fraction of sp³-hybridized carbons (Fsp3) is 0.214. The van der Waals surface area contributed by atoms with Gasteiger partial charge < -0.3 is 28.7 Å². The van der Waals surface area contributed by atoms with Gasteiger partial charge in [0.15, 0.2) is 23.4 Å². The number of hydrogen-bond donors (Lipinski definition) is 1. The lowest BCUT2D eigenvalue weighted by atomic mass is 10.1. The van der Waals surface area contributed by atoms with Gasteiger partial charge in [0, 0.05) is 11.3 Å². The van der Waals surface area contributed by atoms with Gasteiger partial charge in [-0.15, -0.1) is 0 Å². The van der Waals surface area contributed by atoms with E-state index in [4.69, 9.17) is 23.4 Å². The molecule has 0 bridgehead atoms. The number of carbonyl (C=O) groups excluding carboxylic acids is 1. The Kier molecular flexibility index (Phi) is 7.44. The molecule has 0 saturated carbocycles. The average molecular weight is 490 g/mol. The minimum Gasteiger partial charge on any atom is -0.497 e. The van der Waals surface area contributed by atoms with Crippen LogP contribution in [0.25, 0.3) is 22.3 Å². The highest BCUT2D eigenvalue weighted by Gasteiger charge is 2.25. The fourth-order valence-corrected chi connectivity index (χ4v) is 3.76. The zero-order chi connectivity index (χ0) is 25.7. The van der Waals surface area contributed by atoms with E-state index in [1.807, 2.05) is 0 Å². The summed E-state index contributed by atoms with van der Waals surface area (Å²) in [6.45, 7) is 1.80. The van der Waals surface area contributed by atoms with E-state index in [9.17, 15) is 9.59 Å². The molecule has 0 aliphatic carbocycles. The molecule has 4 aromatic rings. The Labute approximate surface area is 208 Å². The lowest BCUT2D eigenvalue weighted by molar-refractivity contribution is -0.122. The van der Waals surface area contributed by atoms with Crippen molar-refractivity contribution in [2.45, 2.75) is 19.4 Å². The van der Waals surface area contributed by atoms with Crippen LogP contribution in [0, 0.1) is 0 Å². The largest absolute Gasteiger partial charge is 0.497 e. The summed E-state index contributed by atoms with van der Waals surface area (Å²) >= 11 is 0. The van der Waals surface area contributed by atoms with Crippen LogP contribution in [-0.4, -0.2) is 33.3 Å². The highest BCUT2D eigenvalue weighted by Crippen LogP contribution is 2.37. The van der Waals surface area contributed by atoms with Crippen molar-refractivity contribution >= 4 is 22.6 Å². The maximum atomic E-state index is 13.5. The SMILES string of the molecule is CCC(Oc1c(-c2ccc(OC)c(OC)c2)oc2ccccc2c1=O)C(=O)Nc1ccc(OC)cc1. The van der Waals surface area contributed by atoms with E-state index >= 15 is 0 Å². The maximum Gasteiger partial charge on any atom is 0.265 e. The molecule has 3 aromatic carbocycles. The number of rotatable bonds is 9. The number of fused-ring (bicyclic) bond motifs is 1. The van der Waals surface area contributed by atoms with E-state index in [1.165, 1.54) is 14.2 Å². The molecule has 1 N–H and O–H groups in total. The Morgan fingerprint density at radius 3 is 2.31 bits per heavy atom. The second kappa shape index (κ2) is 10.9. The van der Waals surface area contributed by atoms with Crippen LogP contribution in [-0.2, 0) is 4.79 Å². The van der Waals surface area contributed by atoms with Crippen molar-refractivity contribution < 1.29 is 28.2 Å². The molecule has 1 heterocycles. The molecule has 0 aliphatic heterocycles. The third kappa shape index (κ3) is 4.98. The van der Waals surface area contributed by atoms with Crippen LogP contribution >= 0.6 is 0 Å². The fourth-order valence-electron chi connectivity index (χ4n) is 3.76. The zero-order valence-electron chi connectivity index (χ0n) is 20.5. The van der Waals surface area contributed by atoms with Gasteiger partial charge in [-0.25, -0.2) is 0 Å². The predicted octanol–water partition coefficient (Wildman–Crippen LogP) is 5.28. The Morgan fingerprint density at radius 1 is 0.917 bits per heavy atom. The standard InChI is InChI=1S/C28H27NO7/c1-5-21(28(31)29-18-11-13-19(32-2)14-12-18)35-27-25(30)20-8-6-7-9-22(20)36-26(27)17-10-15-23(33-3)24(16-17)34-4/h6-16,21H,5H2,1-4H3,(H,29,31). The van der Waals surface area contributed by atoms with Gasteiger partial charge in [-0.3, -0.25) is 9.59 Å². The van der Waals surface area contributed by atoms with Crippen LogP contribution in [0.5, 0.6) is 23.0 Å². The van der Waals surface area contributed by atoms with Crippen LogP contribution in [0.15, 0.2) is 75.9 Å². The molecule has 186 valence electrons. The molecule has 0 spiro atoms. The molecule has 0 radical (unpaired) electrons. The van der Waals surface area contributed by atoms with E-state index < -0.39 is 12.0 Å². The number of hydrogen-bond acceptors (Lipinski definition) is 7. The first-order valence-electron chi connectivity index (χ1n) is 11.4. The number of amides is 1. The molecule has 1 amide bonds. The molecule has 0 fully saturated rings. The quantitative estimate of drug-likeness (QED) is 0.342. The van der Waals surface area contributed by atoms with Gasteiger partial charge in [-0.2, -0.15) is 0 Å². The first kappa shape index (κ1) is 24.7. The molecule has 8 nitrogen and oxygen atoms in total. The lowest BCUT2D eigenvalue weighted by Gasteiger charge is -2.19. The molecule has 36 heavy (non-hydrogen) atoms. The predicted molar refractivity (Wildman–Crippen MR) is 137 cm³/mol. The second-order valence-corrected chi connectivity index (χ2v) is 7.89.